The molecule has 0 radical (unpaired) electrons. The van der Waals surface area contributed by atoms with E-state index in [1.165, 1.54) is 23.4 Å². The van der Waals surface area contributed by atoms with Crippen LogP contribution in [0, 0.1) is 11.7 Å². The summed E-state index contributed by atoms with van der Waals surface area (Å²) in [6.07, 6.45) is 0.744. The number of rotatable bonds is 5. The number of nitrogens with zero attached hydrogens (tertiary/aromatic N) is 3. The smallest absolute Gasteiger partial charge is 0.227 e. The summed E-state index contributed by atoms with van der Waals surface area (Å²) >= 11 is 0. The molecule has 2 heterocycles. The fourth-order valence-corrected chi connectivity index (χ4v) is 4.68. The highest BCUT2D eigenvalue weighted by Gasteiger charge is 2.42. The van der Waals surface area contributed by atoms with Crippen LogP contribution in [-0.2, 0) is 17.8 Å². The number of halogens is 1. The molecule has 4 rings (SSSR count). The number of piperazine rings is 1. The molecule has 0 spiro atoms. The number of amides is 1. The molecule has 0 N–H and O–H groups in total. The van der Waals surface area contributed by atoms with Gasteiger partial charge in [-0.05, 0) is 42.7 Å². The highest BCUT2D eigenvalue weighted by molar-refractivity contribution is 5.82. The maximum Gasteiger partial charge on any atom is 0.227 e. The van der Waals surface area contributed by atoms with Crippen LogP contribution in [0.15, 0.2) is 42.5 Å². The first-order valence-corrected chi connectivity index (χ1v) is 10.7. The van der Waals surface area contributed by atoms with Crippen LogP contribution in [0.2, 0.25) is 0 Å². The number of hydrogen-bond acceptors (Lipinski definition) is 4. The lowest BCUT2D eigenvalue weighted by Crippen LogP contribution is -2.61. The van der Waals surface area contributed by atoms with Crippen LogP contribution < -0.4 is 9.64 Å². The molecule has 2 aromatic carbocycles. The molecule has 5 nitrogen and oxygen atoms in total. The molecule has 0 aliphatic carbocycles. The summed E-state index contributed by atoms with van der Waals surface area (Å²) in [5.74, 6) is 0.760. The maximum atomic E-state index is 13.3. The van der Waals surface area contributed by atoms with Crippen molar-refractivity contribution in [3.8, 4) is 5.75 Å². The van der Waals surface area contributed by atoms with Gasteiger partial charge in [-0.1, -0.05) is 18.2 Å². The van der Waals surface area contributed by atoms with Gasteiger partial charge >= 0.3 is 0 Å². The Hall–Kier alpha value is -2.60. The van der Waals surface area contributed by atoms with Gasteiger partial charge in [0.25, 0.3) is 0 Å². The minimum Gasteiger partial charge on any atom is -0.497 e. The van der Waals surface area contributed by atoms with E-state index >= 15 is 0 Å². The van der Waals surface area contributed by atoms with Crippen LogP contribution in [0.1, 0.15) is 18.1 Å². The molecule has 2 aliphatic rings. The highest BCUT2D eigenvalue weighted by atomic mass is 19.1. The first kappa shape index (κ1) is 20.7. The van der Waals surface area contributed by atoms with Crippen molar-refractivity contribution in [1.82, 2.24) is 9.80 Å². The van der Waals surface area contributed by atoms with Crippen LogP contribution in [0.3, 0.4) is 0 Å². The van der Waals surface area contributed by atoms with Gasteiger partial charge in [-0.2, -0.15) is 0 Å². The average Bonchev–Trinajstić information content (AvgIpc) is 2.78. The molecule has 2 aromatic rings. The van der Waals surface area contributed by atoms with Crippen molar-refractivity contribution in [2.24, 2.45) is 5.92 Å². The Kier molecular flexibility index (Phi) is 5.95. The lowest BCUT2D eigenvalue weighted by atomic mass is 9.83. The lowest BCUT2D eigenvalue weighted by Gasteiger charge is -2.49. The SMILES string of the molecule is CCN(C)C(=O)C1Cc2ccc(OC)cc2N2CCN(Cc3ccc(F)cc3)CC12. The van der Waals surface area contributed by atoms with Crippen LogP contribution >= 0.6 is 0 Å². The Bertz CT molecular complexity index is 902. The largest absolute Gasteiger partial charge is 0.497 e. The van der Waals surface area contributed by atoms with Gasteiger partial charge in [0.15, 0.2) is 0 Å². The molecule has 0 saturated carbocycles. The molecule has 6 heteroatoms. The van der Waals surface area contributed by atoms with Gasteiger partial charge in [-0.3, -0.25) is 9.69 Å². The van der Waals surface area contributed by atoms with Crippen LogP contribution in [-0.4, -0.2) is 62.1 Å². The van der Waals surface area contributed by atoms with Gasteiger partial charge in [-0.15, -0.1) is 0 Å². The van der Waals surface area contributed by atoms with E-state index in [4.69, 9.17) is 4.74 Å². The van der Waals surface area contributed by atoms with Gasteiger partial charge in [0.1, 0.15) is 11.6 Å². The van der Waals surface area contributed by atoms with Crippen molar-refractivity contribution in [2.45, 2.75) is 25.9 Å². The predicted molar refractivity (Wildman–Crippen MR) is 116 cm³/mol. The monoisotopic (exact) mass is 411 g/mol. The molecule has 1 fully saturated rings. The Morgan fingerprint density at radius 1 is 1.20 bits per heavy atom. The number of methoxy groups -OCH3 is 1. The zero-order valence-electron chi connectivity index (χ0n) is 18.0. The van der Waals surface area contributed by atoms with Crippen molar-refractivity contribution < 1.29 is 13.9 Å². The first-order chi connectivity index (χ1) is 14.5. The Balaban J connectivity index is 1.61. The summed E-state index contributed by atoms with van der Waals surface area (Å²) in [5.41, 5.74) is 3.49. The fourth-order valence-electron chi connectivity index (χ4n) is 4.68. The molecule has 2 unspecified atom stereocenters. The number of anilines is 1. The third-order valence-electron chi connectivity index (χ3n) is 6.50. The highest BCUT2D eigenvalue weighted by Crippen LogP contribution is 2.38. The van der Waals surface area contributed by atoms with E-state index < -0.39 is 0 Å². The van der Waals surface area contributed by atoms with Gasteiger partial charge in [0.05, 0.1) is 19.1 Å². The molecule has 1 amide bonds. The Morgan fingerprint density at radius 2 is 1.97 bits per heavy atom. The van der Waals surface area contributed by atoms with Gasteiger partial charge in [0.2, 0.25) is 5.91 Å². The number of hydrogen-bond donors (Lipinski definition) is 0. The second-order valence-electron chi connectivity index (χ2n) is 8.28. The Morgan fingerprint density at radius 3 is 2.67 bits per heavy atom. The fraction of sp³-hybridized carbons (Fsp3) is 0.458. The molecular weight excluding hydrogens is 381 g/mol. The number of carbonyl (C=O) groups excluding carboxylic acids is 1. The normalized spacial score (nSPS) is 21.0. The topological polar surface area (TPSA) is 36.0 Å². The average molecular weight is 412 g/mol. The second kappa shape index (κ2) is 8.64. The van der Waals surface area contributed by atoms with E-state index in [0.717, 1.165) is 43.9 Å². The van der Waals surface area contributed by atoms with Gasteiger partial charge < -0.3 is 14.5 Å². The van der Waals surface area contributed by atoms with Crippen LogP contribution in [0.4, 0.5) is 10.1 Å². The lowest BCUT2D eigenvalue weighted by molar-refractivity contribution is -0.135. The van der Waals surface area contributed by atoms with Crippen molar-refractivity contribution in [3.63, 3.8) is 0 Å². The molecule has 160 valence electrons. The quantitative estimate of drug-likeness (QED) is 0.757. The minimum atomic E-state index is -0.213. The summed E-state index contributed by atoms with van der Waals surface area (Å²) in [6, 6.07) is 13.0. The Labute approximate surface area is 178 Å². The van der Waals surface area contributed by atoms with E-state index in [2.05, 4.69) is 21.9 Å². The van der Waals surface area contributed by atoms with Gasteiger partial charge in [-0.25, -0.2) is 4.39 Å². The predicted octanol–water partition coefficient (Wildman–Crippen LogP) is 3.18. The summed E-state index contributed by atoms with van der Waals surface area (Å²) in [4.78, 5) is 19.8. The molecular formula is C24H30FN3O2. The van der Waals surface area contributed by atoms with E-state index in [9.17, 15) is 9.18 Å². The standard InChI is InChI=1S/C24H30FN3O2/c1-4-26(2)24(29)21-13-18-7-10-20(30-3)14-22(18)28-12-11-27(16-23(21)28)15-17-5-8-19(25)9-6-17/h5-10,14,21,23H,4,11-13,15-16H2,1-3H3. The second-order valence-corrected chi connectivity index (χ2v) is 8.28. The van der Waals surface area contributed by atoms with Crippen molar-refractivity contribution >= 4 is 11.6 Å². The van der Waals surface area contributed by atoms with E-state index in [-0.39, 0.29) is 23.7 Å². The molecule has 2 aliphatic heterocycles. The third-order valence-corrected chi connectivity index (χ3v) is 6.50. The van der Waals surface area contributed by atoms with E-state index in [0.29, 0.717) is 6.54 Å². The summed E-state index contributed by atoms with van der Waals surface area (Å²) in [7, 11) is 3.57. The molecule has 2 atom stereocenters. The number of benzene rings is 2. The van der Waals surface area contributed by atoms with Gasteiger partial charge in [0, 0.05) is 51.5 Å². The minimum absolute atomic E-state index is 0.0770. The van der Waals surface area contributed by atoms with Crippen molar-refractivity contribution in [1.29, 1.82) is 0 Å². The van der Waals surface area contributed by atoms with Crippen molar-refractivity contribution in [3.05, 3.63) is 59.4 Å². The molecule has 1 saturated heterocycles. The molecule has 0 aromatic heterocycles. The number of fused-ring (bicyclic) bond motifs is 3. The van der Waals surface area contributed by atoms with Crippen LogP contribution in [0.25, 0.3) is 0 Å². The summed E-state index contributed by atoms with van der Waals surface area (Å²) in [5, 5.41) is 0. The zero-order chi connectivity index (χ0) is 21.3. The zero-order valence-corrected chi connectivity index (χ0v) is 18.0. The first-order valence-electron chi connectivity index (χ1n) is 10.7. The number of ether oxygens (including phenoxy) is 1. The van der Waals surface area contributed by atoms with Crippen molar-refractivity contribution in [2.75, 3.05) is 45.2 Å². The maximum absolute atomic E-state index is 13.3. The third kappa shape index (κ3) is 4.01. The summed E-state index contributed by atoms with van der Waals surface area (Å²) in [6.45, 7) is 6.04. The van der Waals surface area contributed by atoms with Crippen LogP contribution in [0.5, 0.6) is 5.75 Å². The molecule has 0 bridgehead atoms. The van der Waals surface area contributed by atoms with E-state index in [1.807, 2.05) is 37.1 Å². The molecule has 30 heavy (non-hydrogen) atoms. The summed E-state index contributed by atoms with van der Waals surface area (Å²) < 4.78 is 18.7. The van der Waals surface area contributed by atoms with E-state index in [1.54, 1.807) is 7.11 Å². The number of carbonyl (C=O) groups is 1.